The molecule has 1 heterocycles. The Morgan fingerprint density at radius 2 is 1.71 bits per heavy atom. The molecule has 2 atom stereocenters. The van der Waals surface area contributed by atoms with Gasteiger partial charge in [0.05, 0.1) is 17.3 Å². The molecular weight excluding hydrogens is 470 g/mol. The molecule has 184 valence electrons. The van der Waals surface area contributed by atoms with E-state index < -0.39 is 52.7 Å². The largest absolute Gasteiger partial charge is 0.448 e. The lowest BCUT2D eigenvalue weighted by atomic mass is 10.1. The third kappa shape index (κ3) is 6.11. The molecule has 3 rings (SSSR count). The number of nitrogens with one attached hydrogen (secondary N) is 1. The van der Waals surface area contributed by atoms with Crippen molar-refractivity contribution in [1.29, 1.82) is 0 Å². The van der Waals surface area contributed by atoms with Crippen LogP contribution in [0.2, 0.25) is 0 Å². The minimum Gasteiger partial charge on any atom is -0.448 e. The smallest absolute Gasteiger partial charge is 0.416 e. The zero-order chi connectivity index (χ0) is 25.9. The number of amides is 1. The van der Waals surface area contributed by atoms with Crippen molar-refractivity contribution in [2.75, 3.05) is 0 Å². The van der Waals surface area contributed by atoms with E-state index in [2.05, 4.69) is 10.4 Å². The first-order valence-corrected chi connectivity index (χ1v) is 10.4. The quantitative estimate of drug-likeness (QED) is 0.414. The van der Waals surface area contributed by atoms with Crippen molar-refractivity contribution >= 4 is 11.9 Å². The molecule has 0 bridgehead atoms. The maximum absolute atomic E-state index is 13.1. The van der Waals surface area contributed by atoms with Crippen molar-refractivity contribution in [2.24, 2.45) is 0 Å². The molecule has 1 aromatic heterocycles. The number of aromatic nitrogens is 2. The minimum atomic E-state index is -4.60. The molecular formula is C24H21F4N3O4. The Morgan fingerprint density at radius 1 is 1.06 bits per heavy atom. The number of carbonyl (C=O) groups is 2. The van der Waals surface area contributed by atoms with Crippen molar-refractivity contribution in [3.8, 4) is 5.69 Å². The molecule has 35 heavy (non-hydrogen) atoms. The van der Waals surface area contributed by atoms with Gasteiger partial charge in [-0.2, -0.15) is 18.3 Å². The molecule has 7 nitrogen and oxygen atoms in total. The maximum Gasteiger partial charge on any atom is 0.416 e. The summed E-state index contributed by atoms with van der Waals surface area (Å²) in [5, 5.41) is 6.49. The SMILES string of the molecule is Cc1cc(=O)c(C(=O)OC(C)C(=O)NC(C)c2ccc(F)cc2)nn1-c1cccc(C(F)(F)F)c1. The topological polar surface area (TPSA) is 90.3 Å². The summed E-state index contributed by atoms with van der Waals surface area (Å²) in [4.78, 5) is 37.4. The highest BCUT2D eigenvalue weighted by atomic mass is 19.4. The number of ether oxygens (including phenoxy) is 1. The molecule has 1 N–H and O–H groups in total. The van der Waals surface area contributed by atoms with Crippen LogP contribution in [0.1, 0.15) is 47.2 Å². The summed E-state index contributed by atoms with van der Waals surface area (Å²) < 4.78 is 58.4. The molecule has 0 spiro atoms. The van der Waals surface area contributed by atoms with E-state index in [4.69, 9.17) is 4.74 Å². The van der Waals surface area contributed by atoms with Crippen LogP contribution in [0.3, 0.4) is 0 Å². The van der Waals surface area contributed by atoms with E-state index in [1.165, 1.54) is 50.2 Å². The molecule has 2 aromatic carbocycles. The average molecular weight is 491 g/mol. The van der Waals surface area contributed by atoms with Crippen molar-refractivity contribution in [2.45, 2.75) is 39.1 Å². The van der Waals surface area contributed by atoms with E-state index >= 15 is 0 Å². The van der Waals surface area contributed by atoms with E-state index in [1.807, 2.05) is 0 Å². The van der Waals surface area contributed by atoms with Gasteiger partial charge in [0.2, 0.25) is 11.1 Å². The summed E-state index contributed by atoms with van der Waals surface area (Å²) >= 11 is 0. The predicted molar refractivity (Wildman–Crippen MR) is 117 cm³/mol. The van der Waals surface area contributed by atoms with E-state index in [0.717, 1.165) is 22.9 Å². The molecule has 0 radical (unpaired) electrons. The molecule has 0 aliphatic carbocycles. The normalized spacial score (nSPS) is 13.1. The van der Waals surface area contributed by atoms with Gasteiger partial charge in [-0.25, -0.2) is 13.9 Å². The second-order valence-electron chi connectivity index (χ2n) is 7.79. The van der Waals surface area contributed by atoms with Gasteiger partial charge in [0.1, 0.15) is 5.82 Å². The third-order valence-electron chi connectivity index (χ3n) is 5.10. The van der Waals surface area contributed by atoms with Crippen LogP contribution in [0.4, 0.5) is 17.6 Å². The van der Waals surface area contributed by atoms with Crippen molar-refractivity contribution in [3.05, 3.63) is 93.2 Å². The van der Waals surface area contributed by atoms with Crippen LogP contribution in [0.15, 0.2) is 59.4 Å². The lowest BCUT2D eigenvalue weighted by Crippen LogP contribution is -2.38. The third-order valence-corrected chi connectivity index (χ3v) is 5.10. The van der Waals surface area contributed by atoms with Gasteiger partial charge in [0.25, 0.3) is 5.91 Å². The highest BCUT2D eigenvalue weighted by Gasteiger charge is 2.31. The van der Waals surface area contributed by atoms with Gasteiger partial charge in [-0.05, 0) is 56.7 Å². The molecule has 1 amide bonds. The van der Waals surface area contributed by atoms with Crippen molar-refractivity contribution in [3.63, 3.8) is 0 Å². The van der Waals surface area contributed by atoms with Crippen LogP contribution in [0.25, 0.3) is 5.69 Å². The second kappa shape index (κ2) is 10.1. The monoisotopic (exact) mass is 491 g/mol. The molecule has 0 fully saturated rings. The van der Waals surface area contributed by atoms with Crippen LogP contribution in [-0.4, -0.2) is 27.8 Å². The lowest BCUT2D eigenvalue weighted by molar-refractivity contribution is -0.137. The first-order valence-electron chi connectivity index (χ1n) is 10.4. The number of esters is 1. The molecule has 3 aromatic rings. The summed E-state index contributed by atoms with van der Waals surface area (Å²) in [5.74, 6) is -2.33. The summed E-state index contributed by atoms with van der Waals surface area (Å²) in [7, 11) is 0. The van der Waals surface area contributed by atoms with Gasteiger partial charge in [-0.1, -0.05) is 18.2 Å². The Hall–Kier alpha value is -4.02. The molecule has 0 saturated heterocycles. The Kier molecular flexibility index (Phi) is 7.37. The van der Waals surface area contributed by atoms with Crippen molar-refractivity contribution < 1.29 is 31.9 Å². The van der Waals surface area contributed by atoms with E-state index in [-0.39, 0.29) is 11.4 Å². The lowest BCUT2D eigenvalue weighted by Gasteiger charge is -2.18. The zero-order valence-corrected chi connectivity index (χ0v) is 18.9. The van der Waals surface area contributed by atoms with Gasteiger partial charge in [-0.15, -0.1) is 0 Å². The molecule has 0 aliphatic heterocycles. The Balaban J connectivity index is 1.78. The molecule has 11 heteroatoms. The minimum absolute atomic E-state index is 0.0229. The van der Waals surface area contributed by atoms with Gasteiger partial charge in [-0.3, -0.25) is 9.59 Å². The summed E-state index contributed by atoms with van der Waals surface area (Å²) in [6, 6.07) is 10.2. The predicted octanol–water partition coefficient (Wildman–Crippen LogP) is 4.12. The number of rotatable bonds is 6. The second-order valence-corrected chi connectivity index (χ2v) is 7.79. The average Bonchev–Trinajstić information content (AvgIpc) is 2.78. The highest BCUT2D eigenvalue weighted by molar-refractivity contribution is 5.90. The molecule has 0 saturated carbocycles. The zero-order valence-electron chi connectivity index (χ0n) is 18.9. The van der Waals surface area contributed by atoms with E-state index in [0.29, 0.717) is 5.56 Å². The maximum atomic E-state index is 13.1. The molecule has 0 aliphatic rings. The van der Waals surface area contributed by atoms with Gasteiger partial charge < -0.3 is 10.1 Å². The van der Waals surface area contributed by atoms with E-state index in [1.54, 1.807) is 6.92 Å². The number of carbonyl (C=O) groups excluding carboxylic acids is 2. The van der Waals surface area contributed by atoms with Crippen LogP contribution in [0, 0.1) is 12.7 Å². The van der Waals surface area contributed by atoms with Crippen LogP contribution in [0.5, 0.6) is 0 Å². The summed E-state index contributed by atoms with van der Waals surface area (Å²) in [5.41, 5.74) is -1.67. The molecule has 2 unspecified atom stereocenters. The van der Waals surface area contributed by atoms with Gasteiger partial charge in [0.15, 0.2) is 6.10 Å². The summed E-state index contributed by atoms with van der Waals surface area (Å²) in [6.07, 6.45) is -5.92. The van der Waals surface area contributed by atoms with Gasteiger partial charge in [0, 0.05) is 11.8 Å². The standard InChI is InChI=1S/C24H21F4N3O4/c1-13-11-20(32)21(30-31(13)19-6-4-5-17(12-19)24(26,27)28)23(34)35-15(3)22(33)29-14(2)16-7-9-18(25)10-8-16/h4-12,14-15H,1-3H3,(H,29,33). The number of halogens is 4. The Morgan fingerprint density at radius 3 is 2.34 bits per heavy atom. The van der Waals surface area contributed by atoms with Crippen LogP contribution in [-0.2, 0) is 15.7 Å². The number of nitrogens with zero attached hydrogens (tertiary/aromatic N) is 2. The first kappa shape index (κ1) is 25.6. The number of alkyl halides is 3. The van der Waals surface area contributed by atoms with Crippen LogP contribution >= 0.6 is 0 Å². The fraction of sp³-hybridized carbons (Fsp3) is 0.250. The Labute approximate surface area is 197 Å². The fourth-order valence-corrected chi connectivity index (χ4v) is 3.20. The fourth-order valence-electron chi connectivity index (χ4n) is 3.20. The number of hydrogen-bond acceptors (Lipinski definition) is 5. The first-order chi connectivity index (χ1) is 16.4. The number of hydrogen-bond donors (Lipinski definition) is 1. The number of benzene rings is 2. The van der Waals surface area contributed by atoms with Gasteiger partial charge >= 0.3 is 12.1 Å². The number of aryl methyl sites for hydroxylation is 1. The summed E-state index contributed by atoms with van der Waals surface area (Å²) in [6.45, 7) is 4.37. The Bertz CT molecular complexity index is 1300. The van der Waals surface area contributed by atoms with Crippen LogP contribution < -0.4 is 10.7 Å². The van der Waals surface area contributed by atoms with E-state index in [9.17, 15) is 31.9 Å². The van der Waals surface area contributed by atoms with Crippen molar-refractivity contribution in [1.82, 2.24) is 15.1 Å². The highest BCUT2D eigenvalue weighted by Crippen LogP contribution is 2.30.